The Morgan fingerprint density at radius 2 is 1.93 bits per heavy atom. The Hall–Kier alpha value is -1.65. The Balaban J connectivity index is 1.46. The third-order valence-electron chi connectivity index (χ3n) is 5.10. The van der Waals surface area contributed by atoms with Gasteiger partial charge in [0.25, 0.3) is 5.91 Å². The van der Waals surface area contributed by atoms with E-state index >= 15 is 0 Å². The van der Waals surface area contributed by atoms with Crippen molar-refractivity contribution >= 4 is 15.9 Å². The first-order valence-electron chi connectivity index (χ1n) is 9.50. The molecule has 0 aliphatic carbocycles. The van der Waals surface area contributed by atoms with E-state index in [1.165, 1.54) is 0 Å². The number of carbonyl (C=O) groups is 1. The first-order chi connectivity index (χ1) is 12.8. The van der Waals surface area contributed by atoms with E-state index in [0.29, 0.717) is 57.4 Å². The zero-order valence-corrected chi connectivity index (χ0v) is 17.1. The molecule has 0 saturated carbocycles. The monoisotopic (exact) mass is 399 g/mol. The van der Waals surface area contributed by atoms with E-state index in [0.717, 1.165) is 18.5 Å². The summed E-state index contributed by atoms with van der Waals surface area (Å²) in [6, 6.07) is 0. The molecule has 1 aromatic heterocycles. The van der Waals surface area contributed by atoms with E-state index in [9.17, 15) is 13.2 Å². The molecule has 0 spiro atoms. The lowest BCUT2D eigenvalue weighted by Crippen LogP contribution is -2.51. The summed E-state index contributed by atoms with van der Waals surface area (Å²) in [5, 5.41) is 6.88. The van der Waals surface area contributed by atoms with Crippen molar-refractivity contribution in [2.75, 3.05) is 45.9 Å². The maximum absolute atomic E-state index is 12.4. The molecule has 1 amide bonds. The van der Waals surface area contributed by atoms with Crippen LogP contribution in [0.3, 0.4) is 0 Å². The zero-order valence-electron chi connectivity index (χ0n) is 16.3. The number of piperazine rings is 1. The topological polar surface area (TPSA) is 96.8 Å². The van der Waals surface area contributed by atoms with Crippen LogP contribution < -0.4 is 10.1 Å². The van der Waals surface area contributed by atoms with Gasteiger partial charge in [0, 0.05) is 57.8 Å². The Bertz CT molecular complexity index is 781. The Morgan fingerprint density at radius 3 is 2.56 bits per heavy atom. The highest BCUT2D eigenvalue weighted by Gasteiger charge is 2.29. The second kappa shape index (κ2) is 8.15. The van der Waals surface area contributed by atoms with Crippen LogP contribution >= 0.6 is 0 Å². The zero-order chi connectivity index (χ0) is 19.6. The minimum atomic E-state index is -3.19. The summed E-state index contributed by atoms with van der Waals surface area (Å²) >= 11 is 0. The fraction of sp³-hybridized carbons (Fsp3) is 0.765. The van der Waals surface area contributed by atoms with Crippen LogP contribution in [0.25, 0.3) is 0 Å². The number of fused-ring (bicyclic) bond motifs is 1. The first kappa shape index (κ1) is 20.1. The Labute approximate surface area is 160 Å². The van der Waals surface area contributed by atoms with E-state index in [1.54, 1.807) is 22.8 Å². The quantitative estimate of drug-likeness (QED) is 0.727. The van der Waals surface area contributed by atoms with Crippen molar-refractivity contribution in [3.05, 3.63) is 11.3 Å². The van der Waals surface area contributed by atoms with E-state index < -0.39 is 15.3 Å². The first-order valence-corrected chi connectivity index (χ1v) is 11.0. The van der Waals surface area contributed by atoms with Crippen LogP contribution in [-0.4, -0.2) is 84.4 Å². The number of ether oxygens (including phenoxy) is 1. The molecule has 1 fully saturated rings. The van der Waals surface area contributed by atoms with Crippen LogP contribution in [0.4, 0.5) is 0 Å². The number of nitrogens with one attached hydrogen (secondary N) is 1. The highest BCUT2D eigenvalue weighted by molar-refractivity contribution is 7.89. The number of hydrogen-bond acceptors (Lipinski definition) is 6. The third-order valence-corrected chi connectivity index (χ3v) is 7.38. The van der Waals surface area contributed by atoms with Gasteiger partial charge < -0.3 is 10.1 Å². The third kappa shape index (κ3) is 4.27. The SMILES string of the molecule is Cc1c(C(=O)NCCN2CCN(S(=O)(=O)C(C)C)CC2)nn2c1OCCC2. The van der Waals surface area contributed by atoms with Crippen molar-refractivity contribution < 1.29 is 17.9 Å². The van der Waals surface area contributed by atoms with Crippen molar-refractivity contribution in [3.63, 3.8) is 0 Å². The van der Waals surface area contributed by atoms with Gasteiger partial charge in [-0.05, 0) is 20.8 Å². The second-order valence-corrected chi connectivity index (χ2v) is 9.78. The number of sulfonamides is 1. The van der Waals surface area contributed by atoms with Gasteiger partial charge >= 0.3 is 0 Å². The molecule has 0 aromatic carbocycles. The van der Waals surface area contributed by atoms with Gasteiger partial charge in [-0.25, -0.2) is 13.1 Å². The molecule has 3 rings (SSSR count). The maximum Gasteiger partial charge on any atom is 0.272 e. The van der Waals surface area contributed by atoms with E-state index in [-0.39, 0.29) is 5.91 Å². The number of carbonyl (C=O) groups excluding carboxylic acids is 1. The molecule has 0 radical (unpaired) electrons. The van der Waals surface area contributed by atoms with Crippen LogP contribution in [-0.2, 0) is 16.6 Å². The van der Waals surface area contributed by atoms with Gasteiger partial charge in [0.15, 0.2) is 5.69 Å². The van der Waals surface area contributed by atoms with Crippen LogP contribution in [0.15, 0.2) is 0 Å². The van der Waals surface area contributed by atoms with Gasteiger partial charge in [0.2, 0.25) is 15.9 Å². The summed E-state index contributed by atoms with van der Waals surface area (Å²) in [5.41, 5.74) is 1.19. The normalized spacial score (nSPS) is 19.0. The van der Waals surface area contributed by atoms with E-state index in [2.05, 4.69) is 15.3 Å². The molecule has 0 bridgehead atoms. The van der Waals surface area contributed by atoms with Gasteiger partial charge in [-0.15, -0.1) is 0 Å². The van der Waals surface area contributed by atoms with Crippen molar-refractivity contribution in [1.82, 2.24) is 24.3 Å². The molecule has 1 aromatic rings. The van der Waals surface area contributed by atoms with E-state index in [1.807, 2.05) is 6.92 Å². The number of aromatic nitrogens is 2. The van der Waals surface area contributed by atoms with Crippen LogP contribution in [0, 0.1) is 6.92 Å². The lowest BCUT2D eigenvalue weighted by Gasteiger charge is -2.34. The fourth-order valence-electron chi connectivity index (χ4n) is 3.39. The van der Waals surface area contributed by atoms with Crippen LogP contribution in [0.2, 0.25) is 0 Å². The van der Waals surface area contributed by atoms with Gasteiger partial charge in [0.05, 0.1) is 11.9 Å². The molecule has 10 heteroatoms. The minimum Gasteiger partial charge on any atom is -0.478 e. The molecule has 152 valence electrons. The van der Waals surface area contributed by atoms with Gasteiger partial charge in [0.1, 0.15) is 0 Å². The largest absolute Gasteiger partial charge is 0.478 e. The molecular weight excluding hydrogens is 370 g/mol. The Morgan fingerprint density at radius 1 is 1.22 bits per heavy atom. The molecule has 0 atom stereocenters. The average Bonchev–Trinajstić information content (AvgIpc) is 2.99. The summed E-state index contributed by atoms with van der Waals surface area (Å²) in [6.45, 7) is 10.2. The Kier molecular flexibility index (Phi) is 6.07. The predicted octanol–water partition coefficient (Wildman–Crippen LogP) is 0.0596. The molecular formula is C17H29N5O4S. The number of aryl methyl sites for hydroxylation is 1. The molecule has 2 aliphatic heterocycles. The van der Waals surface area contributed by atoms with Gasteiger partial charge in [-0.2, -0.15) is 9.40 Å². The second-order valence-electron chi connectivity index (χ2n) is 7.29. The lowest BCUT2D eigenvalue weighted by molar-refractivity contribution is 0.0938. The highest BCUT2D eigenvalue weighted by atomic mass is 32.2. The average molecular weight is 400 g/mol. The number of amides is 1. The maximum atomic E-state index is 12.4. The summed E-state index contributed by atoms with van der Waals surface area (Å²) in [4.78, 5) is 14.6. The standard InChI is InChI=1S/C17H29N5O4S/c1-13(2)27(24,25)21-10-8-20(9-11-21)7-5-18-16(23)15-14(3)17-22(19-15)6-4-12-26-17/h13H,4-12H2,1-3H3,(H,18,23). The minimum absolute atomic E-state index is 0.195. The molecule has 2 aliphatic rings. The molecule has 1 saturated heterocycles. The highest BCUT2D eigenvalue weighted by Crippen LogP contribution is 2.24. The fourth-order valence-corrected chi connectivity index (χ4v) is 4.65. The number of rotatable bonds is 6. The number of hydrogen-bond donors (Lipinski definition) is 1. The van der Waals surface area contributed by atoms with Crippen LogP contribution in [0.5, 0.6) is 5.88 Å². The van der Waals surface area contributed by atoms with E-state index in [4.69, 9.17) is 4.74 Å². The summed E-state index contributed by atoms with van der Waals surface area (Å²) in [6.07, 6.45) is 0.897. The summed E-state index contributed by atoms with van der Waals surface area (Å²) < 4.78 is 33.3. The van der Waals surface area contributed by atoms with Gasteiger partial charge in [-0.3, -0.25) is 9.69 Å². The van der Waals surface area contributed by atoms with Gasteiger partial charge in [-0.1, -0.05) is 0 Å². The van der Waals surface area contributed by atoms with Crippen molar-refractivity contribution in [3.8, 4) is 5.88 Å². The molecule has 9 nitrogen and oxygen atoms in total. The smallest absolute Gasteiger partial charge is 0.272 e. The number of nitrogens with zero attached hydrogens (tertiary/aromatic N) is 4. The van der Waals surface area contributed by atoms with Crippen molar-refractivity contribution in [1.29, 1.82) is 0 Å². The molecule has 3 heterocycles. The molecule has 1 N–H and O–H groups in total. The predicted molar refractivity (Wildman–Crippen MR) is 101 cm³/mol. The van der Waals surface area contributed by atoms with Crippen molar-refractivity contribution in [2.24, 2.45) is 0 Å². The molecule has 27 heavy (non-hydrogen) atoms. The molecule has 0 unspecified atom stereocenters. The van der Waals surface area contributed by atoms with Crippen molar-refractivity contribution in [2.45, 2.75) is 39.0 Å². The lowest BCUT2D eigenvalue weighted by atomic mass is 10.2. The summed E-state index contributed by atoms with van der Waals surface area (Å²) in [7, 11) is -3.19. The van der Waals surface area contributed by atoms with Crippen LogP contribution in [0.1, 0.15) is 36.3 Å². The summed E-state index contributed by atoms with van der Waals surface area (Å²) in [5.74, 6) is 0.493.